The Hall–Kier alpha value is -1.53. The van der Waals surface area contributed by atoms with Gasteiger partial charge in [0, 0.05) is 5.56 Å². The van der Waals surface area contributed by atoms with Crippen molar-refractivity contribution in [1.82, 2.24) is 15.2 Å². The molecule has 5 nitrogen and oxygen atoms in total. The molecule has 0 saturated heterocycles. The molecular formula is C8H7N3O2S. The van der Waals surface area contributed by atoms with Gasteiger partial charge in [-0.15, -0.1) is 0 Å². The van der Waals surface area contributed by atoms with E-state index >= 15 is 0 Å². The van der Waals surface area contributed by atoms with Crippen LogP contribution >= 0.6 is 0 Å². The van der Waals surface area contributed by atoms with E-state index in [2.05, 4.69) is 15.2 Å². The highest BCUT2D eigenvalue weighted by atomic mass is 32.2. The van der Waals surface area contributed by atoms with Crippen molar-refractivity contribution >= 4 is 11.1 Å². The fraction of sp³-hybridized carbons (Fsp3) is 0. The fourth-order valence-electron chi connectivity index (χ4n) is 1.04. The minimum atomic E-state index is -2.11. The van der Waals surface area contributed by atoms with E-state index in [1.165, 1.54) is 0 Å². The zero-order chi connectivity index (χ0) is 9.97. The Balaban J connectivity index is 2.39. The molecule has 0 aliphatic carbocycles. The third kappa shape index (κ3) is 1.70. The quantitative estimate of drug-likeness (QED) is 0.724. The molecule has 2 N–H and O–H groups in total. The van der Waals surface area contributed by atoms with E-state index in [0.29, 0.717) is 5.82 Å². The number of nitrogens with one attached hydrogen (secondary N) is 1. The van der Waals surface area contributed by atoms with Crippen LogP contribution in [0.5, 0.6) is 0 Å². The third-order valence-corrected chi connectivity index (χ3v) is 2.18. The molecule has 1 aromatic carbocycles. The summed E-state index contributed by atoms with van der Waals surface area (Å²) in [7, 11) is 0. The molecule has 6 heteroatoms. The Morgan fingerprint density at radius 2 is 2.00 bits per heavy atom. The minimum Gasteiger partial charge on any atom is -0.300 e. The number of aromatic amines is 1. The molecule has 72 valence electrons. The first-order valence-corrected chi connectivity index (χ1v) is 4.97. The Labute approximate surface area is 82.5 Å². The normalized spacial score (nSPS) is 12.6. The van der Waals surface area contributed by atoms with Crippen molar-refractivity contribution in [3.8, 4) is 11.4 Å². The summed E-state index contributed by atoms with van der Waals surface area (Å²) in [6, 6.07) is 9.23. The number of benzene rings is 1. The van der Waals surface area contributed by atoms with Gasteiger partial charge in [-0.25, -0.2) is 9.31 Å². The van der Waals surface area contributed by atoms with E-state index < -0.39 is 11.1 Å². The maximum absolute atomic E-state index is 10.6. The molecule has 0 bridgehead atoms. The summed E-state index contributed by atoms with van der Waals surface area (Å²) in [6.07, 6.45) is 0. The van der Waals surface area contributed by atoms with Gasteiger partial charge in [-0.05, 0) is 0 Å². The standard InChI is InChI=1S/C8H7N3O2S/c12-14(13)8-9-7(10-11-8)6-4-2-1-3-5-6/h1-5H,(H,12,13)(H,9,10,11). The van der Waals surface area contributed by atoms with Gasteiger partial charge in [-0.2, -0.15) is 10.1 Å². The SMILES string of the molecule is O=S(O)c1nc(-c2ccccc2)n[nH]1. The monoisotopic (exact) mass is 209 g/mol. The van der Waals surface area contributed by atoms with Crippen molar-refractivity contribution in [2.75, 3.05) is 0 Å². The first-order valence-electron chi connectivity index (χ1n) is 3.86. The van der Waals surface area contributed by atoms with Crippen molar-refractivity contribution < 1.29 is 8.76 Å². The molecular weight excluding hydrogens is 202 g/mol. The average Bonchev–Trinajstić information content (AvgIpc) is 2.68. The second kappa shape index (κ2) is 3.69. The molecule has 1 aromatic heterocycles. The number of H-pyrrole nitrogens is 1. The molecule has 2 aromatic rings. The van der Waals surface area contributed by atoms with Crippen LogP contribution in [0.4, 0.5) is 0 Å². The number of hydrogen-bond acceptors (Lipinski definition) is 3. The van der Waals surface area contributed by atoms with Crippen LogP contribution in [0.2, 0.25) is 0 Å². The molecule has 0 aliphatic heterocycles. The molecule has 0 spiro atoms. The van der Waals surface area contributed by atoms with Crippen LogP contribution in [0.25, 0.3) is 11.4 Å². The highest BCUT2D eigenvalue weighted by molar-refractivity contribution is 7.79. The highest BCUT2D eigenvalue weighted by Gasteiger charge is 2.08. The number of nitrogens with zero attached hydrogens (tertiary/aromatic N) is 2. The van der Waals surface area contributed by atoms with Crippen molar-refractivity contribution in [2.24, 2.45) is 0 Å². The molecule has 2 rings (SSSR count). The Kier molecular flexibility index (Phi) is 2.38. The summed E-state index contributed by atoms with van der Waals surface area (Å²) < 4.78 is 19.3. The van der Waals surface area contributed by atoms with E-state index in [9.17, 15) is 4.21 Å². The number of hydrogen-bond donors (Lipinski definition) is 2. The summed E-state index contributed by atoms with van der Waals surface area (Å²) in [5.74, 6) is 0.419. The molecule has 0 saturated carbocycles. The van der Waals surface area contributed by atoms with Crippen molar-refractivity contribution in [2.45, 2.75) is 5.16 Å². The number of rotatable bonds is 2. The maximum atomic E-state index is 10.6. The molecule has 1 heterocycles. The van der Waals surface area contributed by atoms with E-state index in [1.54, 1.807) is 0 Å². The summed E-state index contributed by atoms with van der Waals surface area (Å²) in [6.45, 7) is 0. The largest absolute Gasteiger partial charge is 0.300 e. The third-order valence-electron chi connectivity index (χ3n) is 1.66. The summed E-state index contributed by atoms with van der Waals surface area (Å²) in [5, 5.41) is 6.17. The van der Waals surface area contributed by atoms with Crippen LogP contribution in [0.3, 0.4) is 0 Å². The van der Waals surface area contributed by atoms with Gasteiger partial charge in [-0.3, -0.25) is 4.55 Å². The summed E-state index contributed by atoms with van der Waals surface area (Å²) in [5.41, 5.74) is 0.806. The summed E-state index contributed by atoms with van der Waals surface area (Å²) in [4.78, 5) is 3.86. The average molecular weight is 209 g/mol. The van der Waals surface area contributed by atoms with E-state index in [4.69, 9.17) is 4.55 Å². The van der Waals surface area contributed by atoms with Gasteiger partial charge < -0.3 is 0 Å². The van der Waals surface area contributed by atoms with Crippen LogP contribution in [0.1, 0.15) is 0 Å². The van der Waals surface area contributed by atoms with Crippen LogP contribution in [0.15, 0.2) is 35.5 Å². The lowest BCUT2D eigenvalue weighted by Gasteiger charge is -1.90. The molecule has 14 heavy (non-hydrogen) atoms. The molecule has 0 amide bonds. The first-order chi connectivity index (χ1) is 6.77. The van der Waals surface area contributed by atoms with Gasteiger partial charge in [0.1, 0.15) is 0 Å². The lowest BCUT2D eigenvalue weighted by Crippen LogP contribution is -1.90. The van der Waals surface area contributed by atoms with Crippen molar-refractivity contribution in [3.05, 3.63) is 30.3 Å². The van der Waals surface area contributed by atoms with Crippen LogP contribution < -0.4 is 0 Å². The van der Waals surface area contributed by atoms with E-state index in [0.717, 1.165) is 5.56 Å². The van der Waals surface area contributed by atoms with Gasteiger partial charge in [0.05, 0.1) is 0 Å². The first kappa shape index (κ1) is 9.04. The molecule has 1 atom stereocenters. The lowest BCUT2D eigenvalue weighted by molar-refractivity contribution is 0.555. The summed E-state index contributed by atoms with van der Waals surface area (Å²) >= 11 is -2.11. The van der Waals surface area contributed by atoms with E-state index in [1.807, 2.05) is 30.3 Å². The smallest absolute Gasteiger partial charge is 0.243 e. The van der Waals surface area contributed by atoms with Crippen LogP contribution in [-0.4, -0.2) is 23.9 Å². The zero-order valence-electron chi connectivity index (χ0n) is 7.04. The Bertz CT molecular complexity index is 455. The Morgan fingerprint density at radius 3 is 2.57 bits per heavy atom. The molecule has 0 aliphatic rings. The number of aromatic nitrogens is 3. The molecule has 1 unspecified atom stereocenters. The second-order valence-corrected chi connectivity index (χ2v) is 3.46. The van der Waals surface area contributed by atoms with E-state index in [-0.39, 0.29) is 5.16 Å². The van der Waals surface area contributed by atoms with Gasteiger partial charge in [0.15, 0.2) is 5.82 Å². The van der Waals surface area contributed by atoms with Crippen molar-refractivity contribution in [3.63, 3.8) is 0 Å². The maximum Gasteiger partial charge on any atom is 0.243 e. The van der Waals surface area contributed by atoms with Gasteiger partial charge >= 0.3 is 0 Å². The van der Waals surface area contributed by atoms with Gasteiger partial charge in [-0.1, -0.05) is 30.3 Å². The van der Waals surface area contributed by atoms with Gasteiger partial charge in [0.25, 0.3) is 0 Å². The lowest BCUT2D eigenvalue weighted by atomic mass is 10.2. The topological polar surface area (TPSA) is 78.9 Å². The minimum absolute atomic E-state index is 0.0381. The molecule has 0 radical (unpaired) electrons. The van der Waals surface area contributed by atoms with Crippen LogP contribution in [-0.2, 0) is 11.1 Å². The molecule has 0 fully saturated rings. The highest BCUT2D eigenvalue weighted by Crippen LogP contribution is 2.13. The van der Waals surface area contributed by atoms with Gasteiger partial charge in [0.2, 0.25) is 16.2 Å². The predicted octanol–water partition coefficient (Wildman–Crippen LogP) is 1.05. The van der Waals surface area contributed by atoms with Crippen LogP contribution in [0, 0.1) is 0 Å². The predicted molar refractivity (Wildman–Crippen MR) is 50.9 cm³/mol. The zero-order valence-corrected chi connectivity index (χ0v) is 7.86. The second-order valence-electron chi connectivity index (χ2n) is 2.58. The van der Waals surface area contributed by atoms with Crippen molar-refractivity contribution in [1.29, 1.82) is 0 Å². The fourth-order valence-corrected chi connectivity index (χ4v) is 1.33. The Morgan fingerprint density at radius 1 is 1.29 bits per heavy atom.